The molecule has 0 fully saturated rings. The highest BCUT2D eigenvalue weighted by Crippen LogP contribution is 2.12. The highest BCUT2D eigenvalue weighted by Gasteiger charge is 2.05. The van der Waals surface area contributed by atoms with Crippen molar-refractivity contribution < 1.29 is 9.90 Å². The Morgan fingerprint density at radius 3 is 2.77 bits per heavy atom. The lowest BCUT2D eigenvalue weighted by Gasteiger charge is -1.98. The number of aromatic carboxylic acids is 1. The number of hydrogen-bond donors (Lipinski definition) is 1. The maximum Gasteiger partial charge on any atom is 0.336 e. The summed E-state index contributed by atoms with van der Waals surface area (Å²) in [5, 5.41) is 10.7. The lowest BCUT2D eigenvalue weighted by Crippen LogP contribution is -1.98. The second-order valence-electron chi connectivity index (χ2n) is 2.43. The van der Waals surface area contributed by atoms with Crippen LogP contribution in [0.4, 0.5) is 0 Å². The largest absolute Gasteiger partial charge is 0.478 e. The van der Waals surface area contributed by atoms with Crippen molar-refractivity contribution in [1.82, 2.24) is 0 Å². The maximum absolute atomic E-state index is 10.7. The van der Waals surface area contributed by atoms with Gasteiger partial charge in [0.15, 0.2) is 0 Å². The fourth-order valence-corrected chi connectivity index (χ4v) is 1.26. The van der Waals surface area contributed by atoms with Gasteiger partial charge in [0.25, 0.3) is 0 Å². The van der Waals surface area contributed by atoms with Gasteiger partial charge in [-0.2, -0.15) is 0 Å². The summed E-state index contributed by atoms with van der Waals surface area (Å²) in [5.74, 6) is -0.888. The smallest absolute Gasteiger partial charge is 0.336 e. The van der Waals surface area contributed by atoms with E-state index in [-0.39, 0.29) is 0 Å². The van der Waals surface area contributed by atoms with E-state index in [1.807, 2.05) is 17.7 Å². The molecule has 1 rings (SSSR count). The third-order valence-electron chi connectivity index (χ3n) is 1.57. The van der Waals surface area contributed by atoms with Crippen LogP contribution in [0.25, 0.3) is 6.08 Å². The normalized spacial score (nSPS) is 10.5. The van der Waals surface area contributed by atoms with Gasteiger partial charge < -0.3 is 5.11 Å². The lowest BCUT2D eigenvalue weighted by atomic mass is 10.1. The fraction of sp³-hybridized carbons (Fsp3) is 0.100. The van der Waals surface area contributed by atoms with Crippen molar-refractivity contribution in [2.75, 3.05) is 6.26 Å². The van der Waals surface area contributed by atoms with Gasteiger partial charge in [-0.05, 0) is 29.4 Å². The SMILES string of the molecule is CS/C=C/c1ccccc1C(=O)O. The highest BCUT2D eigenvalue weighted by atomic mass is 32.2. The quantitative estimate of drug-likeness (QED) is 0.803. The van der Waals surface area contributed by atoms with Crippen LogP contribution in [0, 0.1) is 0 Å². The van der Waals surface area contributed by atoms with Crippen LogP contribution >= 0.6 is 11.8 Å². The van der Waals surface area contributed by atoms with Gasteiger partial charge in [-0.1, -0.05) is 18.2 Å². The van der Waals surface area contributed by atoms with Gasteiger partial charge in [0.2, 0.25) is 0 Å². The summed E-state index contributed by atoms with van der Waals surface area (Å²) >= 11 is 1.54. The van der Waals surface area contributed by atoms with Gasteiger partial charge in [-0.3, -0.25) is 0 Å². The van der Waals surface area contributed by atoms with Crippen molar-refractivity contribution in [2.45, 2.75) is 0 Å². The average molecular weight is 194 g/mol. The molecule has 0 radical (unpaired) electrons. The van der Waals surface area contributed by atoms with Crippen molar-refractivity contribution >= 4 is 23.8 Å². The number of thioether (sulfide) groups is 1. The van der Waals surface area contributed by atoms with E-state index in [0.717, 1.165) is 5.56 Å². The first kappa shape index (κ1) is 9.86. The van der Waals surface area contributed by atoms with Crippen molar-refractivity contribution in [3.05, 3.63) is 40.8 Å². The van der Waals surface area contributed by atoms with E-state index in [2.05, 4.69) is 0 Å². The van der Waals surface area contributed by atoms with E-state index in [9.17, 15) is 4.79 Å². The number of carboxylic acids is 1. The Bertz CT molecular complexity index is 331. The molecule has 0 saturated heterocycles. The Kier molecular flexibility index (Phi) is 3.58. The standard InChI is InChI=1S/C10H10O2S/c1-13-7-6-8-4-2-3-5-9(8)10(11)12/h2-7H,1H3,(H,11,12)/b7-6+. The summed E-state index contributed by atoms with van der Waals surface area (Å²) in [5.41, 5.74) is 1.08. The first-order valence-corrected chi connectivity index (χ1v) is 5.06. The Hall–Kier alpha value is -1.22. The van der Waals surface area contributed by atoms with Crippen molar-refractivity contribution in [2.24, 2.45) is 0 Å². The molecule has 1 aromatic carbocycles. The summed E-state index contributed by atoms with van der Waals surface area (Å²) in [6, 6.07) is 6.94. The van der Waals surface area contributed by atoms with E-state index in [0.29, 0.717) is 5.56 Å². The Morgan fingerprint density at radius 2 is 2.15 bits per heavy atom. The molecule has 3 heteroatoms. The molecule has 1 N–H and O–H groups in total. The first-order chi connectivity index (χ1) is 6.25. The molecule has 2 nitrogen and oxygen atoms in total. The Balaban J connectivity index is 3.05. The van der Waals surface area contributed by atoms with Gasteiger partial charge in [-0.25, -0.2) is 4.79 Å². The molecule has 0 aliphatic rings. The summed E-state index contributed by atoms with van der Waals surface area (Å²) in [6.45, 7) is 0. The average Bonchev–Trinajstić information content (AvgIpc) is 2.15. The predicted octanol–water partition coefficient (Wildman–Crippen LogP) is 2.72. The van der Waals surface area contributed by atoms with E-state index in [1.54, 1.807) is 36.0 Å². The van der Waals surface area contributed by atoms with Crippen LogP contribution in [0.2, 0.25) is 0 Å². The molecule has 0 aliphatic carbocycles. The second kappa shape index (κ2) is 4.72. The third kappa shape index (κ3) is 2.63. The number of hydrogen-bond acceptors (Lipinski definition) is 2. The van der Waals surface area contributed by atoms with Crippen LogP contribution < -0.4 is 0 Å². The number of rotatable bonds is 3. The molecule has 0 bridgehead atoms. The molecule has 13 heavy (non-hydrogen) atoms. The molecule has 1 aromatic rings. The van der Waals surface area contributed by atoms with E-state index >= 15 is 0 Å². The minimum Gasteiger partial charge on any atom is -0.478 e. The first-order valence-electron chi connectivity index (χ1n) is 3.77. The van der Waals surface area contributed by atoms with Gasteiger partial charge in [-0.15, -0.1) is 11.8 Å². The van der Waals surface area contributed by atoms with Crippen LogP contribution in [-0.2, 0) is 0 Å². The summed E-state index contributed by atoms with van der Waals surface area (Å²) < 4.78 is 0. The van der Waals surface area contributed by atoms with Gasteiger partial charge in [0, 0.05) is 0 Å². The molecule has 0 saturated carbocycles. The topological polar surface area (TPSA) is 37.3 Å². The molecular weight excluding hydrogens is 184 g/mol. The zero-order valence-corrected chi connectivity index (χ0v) is 8.04. The molecule has 0 unspecified atom stereocenters. The minimum absolute atomic E-state index is 0.341. The number of carboxylic acid groups (broad SMARTS) is 1. The summed E-state index contributed by atoms with van der Waals surface area (Å²) in [6.07, 6.45) is 3.73. The molecule has 0 atom stereocenters. The van der Waals surface area contributed by atoms with Gasteiger partial charge in [0.1, 0.15) is 0 Å². The molecule has 68 valence electrons. The van der Waals surface area contributed by atoms with Crippen LogP contribution in [0.1, 0.15) is 15.9 Å². The van der Waals surface area contributed by atoms with Gasteiger partial charge in [0.05, 0.1) is 5.56 Å². The zero-order chi connectivity index (χ0) is 9.68. The van der Waals surface area contributed by atoms with Crippen LogP contribution in [0.15, 0.2) is 29.7 Å². The number of carbonyl (C=O) groups is 1. The van der Waals surface area contributed by atoms with Crippen LogP contribution in [-0.4, -0.2) is 17.3 Å². The van der Waals surface area contributed by atoms with Crippen molar-refractivity contribution in [3.8, 4) is 0 Å². The third-order valence-corrected chi connectivity index (χ3v) is 1.98. The minimum atomic E-state index is -0.888. The molecule has 0 spiro atoms. The zero-order valence-electron chi connectivity index (χ0n) is 7.23. The lowest BCUT2D eigenvalue weighted by molar-refractivity contribution is 0.0696. The Labute approximate surface area is 81.3 Å². The molecule has 0 aromatic heterocycles. The highest BCUT2D eigenvalue weighted by molar-refractivity contribution is 8.01. The fourth-order valence-electron chi connectivity index (χ4n) is 0.978. The number of benzene rings is 1. The van der Waals surface area contributed by atoms with Crippen molar-refractivity contribution in [3.63, 3.8) is 0 Å². The van der Waals surface area contributed by atoms with E-state index in [4.69, 9.17) is 5.11 Å². The predicted molar refractivity (Wildman–Crippen MR) is 56.0 cm³/mol. The molecular formula is C10H10O2S. The molecule has 0 heterocycles. The van der Waals surface area contributed by atoms with Gasteiger partial charge >= 0.3 is 5.97 Å². The van der Waals surface area contributed by atoms with E-state index < -0.39 is 5.97 Å². The maximum atomic E-state index is 10.7. The van der Waals surface area contributed by atoms with Crippen LogP contribution in [0.5, 0.6) is 0 Å². The Morgan fingerprint density at radius 1 is 1.46 bits per heavy atom. The monoisotopic (exact) mass is 194 g/mol. The van der Waals surface area contributed by atoms with Crippen LogP contribution in [0.3, 0.4) is 0 Å². The van der Waals surface area contributed by atoms with Crippen molar-refractivity contribution in [1.29, 1.82) is 0 Å². The van der Waals surface area contributed by atoms with E-state index in [1.165, 1.54) is 0 Å². The summed E-state index contributed by atoms with van der Waals surface area (Å²) in [4.78, 5) is 10.7. The molecule has 0 aliphatic heterocycles. The summed E-state index contributed by atoms with van der Waals surface area (Å²) in [7, 11) is 0. The molecule has 0 amide bonds. The second-order valence-corrected chi connectivity index (χ2v) is 3.17.